The van der Waals surface area contributed by atoms with E-state index < -0.39 is 0 Å². The number of pyridine rings is 1. The molecular weight excluding hydrogens is 242 g/mol. The molecule has 0 saturated heterocycles. The maximum atomic E-state index is 5.90. The van der Waals surface area contributed by atoms with Gasteiger partial charge in [-0.25, -0.2) is 4.98 Å². The largest absolute Gasteiger partial charge is 0.398 e. The zero-order chi connectivity index (χ0) is 10.1. The number of aromatic nitrogens is 1. The SMILES string of the molecule is CNc1ncc(Br)c2cccc(N)c12. The number of anilines is 2. The van der Waals surface area contributed by atoms with E-state index in [-0.39, 0.29) is 0 Å². The van der Waals surface area contributed by atoms with E-state index in [4.69, 9.17) is 5.73 Å². The molecule has 3 N–H and O–H groups in total. The van der Waals surface area contributed by atoms with Gasteiger partial charge < -0.3 is 11.1 Å². The van der Waals surface area contributed by atoms with Crippen molar-refractivity contribution >= 4 is 38.2 Å². The fourth-order valence-corrected chi connectivity index (χ4v) is 1.91. The van der Waals surface area contributed by atoms with Crippen molar-refractivity contribution in [1.82, 2.24) is 4.98 Å². The molecule has 0 aliphatic carbocycles. The van der Waals surface area contributed by atoms with Crippen LogP contribution >= 0.6 is 15.9 Å². The summed E-state index contributed by atoms with van der Waals surface area (Å²) in [7, 11) is 1.84. The average molecular weight is 252 g/mol. The normalized spacial score (nSPS) is 10.4. The maximum absolute atomic E-state index is 5.90. The van der Waals surface area contributed by atoms with Crippen molar-refractivity contribution < 1.29 is 0 Å². The van der Waals surface area contributed by atoms with E-state index in [2.05, 4.69) is 26.2 Å². The number of nitrogens with two attached hydrogens (primary N) is 1. The van der Waals surface area contributed by atoms with E-state index in [1.54, 1.807) is 6.20 Å². The molecule has 2 aromatic rings. The van der Waals surface area contributed by atoms with Crippen LogP contribution in [0.15, 0.2) is 28.9 Å². The smallest absolute Gasteiger partial charge is 0.135 e. The first kappa shape index (κ1) is 9.27. The molecule has 14 heavy (non-hydrogen) atoms. The first-order valence-corrected chi connectivity index (χ1v) is 5.04. The second-order valence-electron chi connectivity index (χ2n) is 2.97. The number of halogens is 1. The van der Waals surface area contributed by atoms with Crippen molar-refractivity contribution in [3.63, 3.8) is 0 Å². The number of hydrogen-bond acceptors (Lipinski definition) is 3. The van der Waals surface area contributed by atoms with E-state index in [9.17, 15) is 0 Å². The van der Waals surface area contributed by atoms with Crippen LogP contribution in [0, 0.1) is 0 Å². The van der Waals surface area contributed by atoms with Gasteiger partial charge in [0.25, 0.3) is 0 Å². The van der Waals surface area contributed by atoms with Gasteiger partial charge in [0.15, 0.2) is 0 Å². The highest BCUT2D eigenvalue weighted by molar-refractivity contribution is 9.10. The van der Waals surface area contributed by atoms with Gasteiger partial charge in [0.1, 0.15) is 5.82 Å². The minimum atomic E-state index is 0.737. The van der Waals surface area contributed by atoms with E-state index >= 15 is 0 Å². The summed E-state index contributed by atoms with van der Waals surface area (Å²) in [5.74, 6) is 0.807. The predicted octanol–water partition coefficient (Wildman–Crippen LogP) is 2.62. The van der Waals surface area contributed by atoms with Crippen LogP contribution in [-0.4, -0.2) is 12.0 Å². The molecule has 0 bridgehead atoms. The van der Waals surface area contributed by atoms with Crippen molar-refractivity contribution in [2.75, 3.05) is 18.1 Å². The highest BCUT2D eigenvalue weighted by Gasteiger charge is 2.06. The molecule has 0 radical (unpaired) electrons. The number of nitrogens with one attached hydrogen (secondary N) is 1. The summed E-state index contributed by atoms with van der Waals surface area (Å²) >= 11 is 3.45. The summed E-state index contributed by atoms with van der Waals surface area (Å²) in [6.07, 6.45) is 1.77. The summed E-state index contributed by atoms with van der Waals surface area (Å²) in [4.78, 5) is 4.25. The topological polar surface area (TPSA) is 50.9 Å². The molecule has 0 aliphatic rings. The van der Waals surface area contributed by atoms with Crippen LogP contribution in [0.2, 0.25) is 0 Å². The second-order valence-corrected chi connectivity index (χ2v) is 3.83. The molecule has 4 heteroatoms. The number of nitrogen functional groups attached to an aromatic ring is 1. The Balaban J connectivity index is 2.92. The lowest BCUT2D eigenvalue weighted by Gasteiger charge is -2.08. The molecule has 0 saturated carbocycles. The van der Waals surface area contributed by atoms with Gasteiger partial charge in [-0.15, -0.1) is 0 Å². The molecular formula is C10H10BrN3. The zero-order valence-electron chi connectivity index (χ0n) is 7.71. The Kier molecular flexibility index (Phi) is 2.29. The van der Waals surface area contributed by atoms with Crippen LogP contribution in [0.4, 0.5) is 11.5 Å². The van der Waals surface area contributed by atoms with Gasteiger partial charge in [-0.05, 0) is 22.0 Å². The quantitative estimate of drug-likeness (QED) is 0.767. The predicted molar refractivity (Wildman–Crippen MR) is 63.4 cm³/mol. The lowest BCUT2D eigenvalue weighted by atomic mass is 10.1. The Bertz CT molecular complexity index is 482. The van der Waals surface area contributed by atoms with Gasteiger partial charge in [0.2, 0.25) is 0 Å². The molecule has 0 atom stereocenters. The third kappa shape index (κ3) is 1.32. The van der Waals surface area contributed by atoms with Crippen molar-refractivity contribution in [2.45, 2.75) is 0 Å². The summed E-state index contributed by atoms with van der Waals surface area (Å²) in [6.45, 7) is 0. The number of nitrogens with zero attached hydrogens (tertiary/aromatic N) is 1. The molecule has 0 spiro atoms. The van der Waals surface area contributed by atoms with Crippen LogP contribution in [0.25, 0.3) is 10.8 Å². The minimum Gasteiger partial charge on any atom is -0.398 e. The minimum absolute atomic E-state index is 0.737. The molecule has 3 nitrogen and oxygen atoms in total. The molecule has 0 unspecified atom stereocenters. The third-order valence-electron chi connectivity index (χ3n) is 2.13. The molecule has 0 amide bonds. The molecule has 1 aromatic carbocycles. The molecule has 72 valence electrons. The first-order chi connectivity index (χ1) is 6.74. The van der Waals surface area contributed by atoms with Crippen molar-refractivity contribution in [2.24, 2.45) is 0 Å². The fraction of sp³-hybridized carbons (Fsp3) is 0.100. The van der Waals surface area contributed by atoms with Gasteiger partial charge in [0, 0.05) is 34.2 Å². The molecule has 0 aliphatic heterocycles. The van der Waals surface area contributed by atoms with Crippen LogP contribution in [0.3, 0.4) is 0 Å². The highest BCUT2D eigenvalue weighted by atomic mass is 79.9. The van der Waals surface area contributed by atoms with Gasteiger partial charge in [-0.3, -0.25) is 0 Å². The van der Waals surface area contributed by atoms with Crippen molar-refractivity contribution in [3.05, 3.63) is 28.9 Å². The van der Waals surface area contributed by atoms with Crippen molar-refractivity contribution in [3.8, 4) is 0 Å². The molecule has 1 heterocycles. The van der Waals surface area contributed by atoms with Gasteiger partial charge in [0.05, 0.1) is 0 Å². The van der Waals surface area contributed by atoms with E-state index in [0.717, 1.165) is 26.8 Å². The Morgan fingerprint density at radius 1 is 1.43 bits per heavy atom. The number of benzene rings is 1. The highest BCUT2D eigenvalue weighted by Crippen LogP contribution is 2.31. The number of hydrogen-bond donors (Lipinski definition) is 2. The molecule has 2 rings (SSSR count). The van der Waals surface area contributed by atoms with E-state index in [1.807, 2.05) is 25.2 Å². The number of rotatable bonds is 1. The van der Waals surface area contributed by atoms with E-state index in [1.165, 1.54) is 0 Å². The Labute approximate surface area is 90.5 Å². The lowest BCUT2D eigenvalue weighted by molar-refractivity contribution is 1.30. The summed E-state index contributed by atoms with van der Waals surface area (Å²) in [5, 5.41) is 5.06. The van der Waals surface area contributed by atoms with Gasteiger partial charge in [-0.1, -0.05) is 12.1 Å². The monoisotopic (exact) mass is 251 g/mol. The van der Waals surface area contributed by atoms with Crippen LogP contribution in [0.1, 0.15) is 0 Å². The maximum Gasteiger partial charge on any atom is 0.135 e. The second kappa shape index (κ2) is 3.46. The molecule has 0 fully saturated rings. The van der Waals surface area contributed by atoms with Gasteiger partial charge in [-0.2, -0.15) is 0 Å². The lowest BCUT2D eigenvalue weighted by Crippen LogP contribution is -1.96. The molecule has 1 aromatic heterocycles. The zero-order valence-corrected chi connectivity index (χ0v) is 9.30. The average Bonchev–Trinajstić information content (AvgIpc) is 2.20. The summed E-state index contributed by atoms with van der Waals surface area (Å²) in [6, 6.07) is 5.82. The Hall–Kier alpha value is -1.29. The number of fused-ring (bicyclic) bond motifs is 1. The fourth-order valence-electron chi connectivity index (χ4n) is 1.48. The summed E-state index contributed by atoms with van der Waals surface area (Å²) in [5.41, 5.74) is 6.64. The van der Waals surface area contributed by atoms with Crippen molar-refractivity contribution in [1.29, 1.82) is 0 Å². The first-order valence-electron chi connectivity index (χ1n) is 4.24. The van der Waals surface area contributed by atoms with Crippen LogP contribution in [0.5, 0.6) is 0 Å². The van der Waals surface area contributed by atoms with E-state index in [0.29, 0.717) is 0 Å². The standard InChI is InChI=1S/C10H10BrN3/c1-13-10-9-6(7(11)5-14-10)3-2-4-8(9)12/h2-5H,12H2,1H3,(H,13,14). The Morgan fingerprint density at radius 2 is 2.21 bits per heavy atom. The van der Waals surface area contributed by atoms with Crippen LogP contribution in [-0.2, 0) is 0 Å². The van der Waals surface area contributed by atoms with Crippen LogP contribution < -0.4 is 11.1 Å². The van der Waals surface area contributed by atoms with Gasteiger partial charge >= 0.3 is 0 Å². The Morgan fingerprint density at radius 3 is 2.93 bits per heavy atom. The summed E-state index contributed by atoms with van der Waals surface area (Å²) < 4.78 is 0.957. The third-order valence-corrected chi connectivity index (χ3v) is 2.77.